The van der Waals surface area contributed by atoms with Crippen LogP contribution in [0.25, 0.3) is 0 Å². The van der Waals surface area contributed by atoms with E-state index in [9.17, 15) is 13.2 Å². The number of rotatable bonds is 5. The SMILES string of the molecule is CCCS(=O)(=O)N[C@@H]1C[C@@H](C)N(c2ccccc2)C1=O. The molecule has 6 heteroatoms. The van der Waals surface area contributed by atoms with Crippen molar-refractivity contribution < 1.29 is 13.2 Å². The minimum atomic E-state index is -3.37. The van der Waals surface area contributed by atoms with E-state index >= 15 is 0 Å². The Morgan fingerprint density at radius 3 is 2.55 bits per heavy atom. The van der Waals surface area contributed by atoms with Crippen molar-refractivity contribution in [1.29, 1.82) is 0 Å². The molecule has 2 atom stereocenters. The fourth-order valence-corrected chi connectivity index (χ4v) is 3.83. The van der Waals surface area contributed by atoms with Crippen LogP contribution in [0.1, 0.15) is 26.7 Å². The van der Waals surface area contributed by atoms with Crippen molar-refractivity contribution in [2.75, 3.05) is 10.7 Å². The van der Waals surface area contributed by atoms with Crippen LogP contribution >= 0.6 is 0 Å². The summed E-state index contributed by atoms with van der Waals surface area (Å²) in [6, 6.07) is 8.67. The van der Waals surface area contributed by atoms with Gasteiger partial charge in [0.05, 0.1) is 5.75 Å². The fourth-order valence-electron chi connectivity index (χ4n) is 2.55. The summed E-state index contributed by atoms with van der Waals surface area (Å²) in [5, 5.41) is 0. The normalized spacial score (nSPS) is 23.3. The molecule has 0 aliphatic carbocycles. The lowest BCUT2D eigenvalue weighted by molar-refractivity contribution is -0.118. The van der Waals surface area contributed by atoms with Gasteiger partial charge in [0.1, 0.15) is 6.04 Å². The maximum absolute atomic E-state index is 12.4. The molecule has 1 aromatic carbocycles. The molecule has 1 heterocycles. The third-order valence-corrected chi connectivity index (χ3v) is 4.97. The van der Waals surface area contributed by atoms with Gasteiger partial charge in [-0.3, -0.25) is 4.79 Å². The van der Waals surface area contributed by atoms with E-state index in [1.807, 2.05) is 37.3 Å². The van der Waals surface area contributed by atoms with Gasteiger partial charge in [0.15, 0.2) is 0 Å². The largest absolute Gasteiger partial charge is 0.308 e. The number of benzene rings is 1. The average molecular weight is 296 g/mol. The number of hydrogen-bond acceptors (Lipinski definition) is 3. The number of carbonyl (C=O) groups is 1. The fraction of sp³-hybridized carbons (Fsp3) is 0.500. The number of carbonyl (C=O) groups excluding carboxylic acids is 1. The van der Waals surface area contributed by atoms with Gasteiger partial charge in [0.2, 0.25) is 15.9 Å². The predicted octanol–water partition coefficient (Wildman–Crippen LogP) is 1.51. The Kier molecular flexibility index (Phi) is 4.45. The highest BCUT2D eigenvalue weighted by Gasteiger charge is 2.39. The number of para-hydroxylation sites is 1. The molecule has 110 valence electrons. The van der Waals surface area contributed by atoms with Crippen molar-refractivity contribution in [2.45, 2.75) is 38.8 Å². The van der Waals surface area contributed by atoms with E-state index in [1.54, 1.807) is 11.8 Å². The monoisotopic (exact) mass is 296 g/mol. The highest BCUT2D eigenvalue weighted by atomic mass is 32.2. The zero-order chi connectivity index (χ0) is 14.8. The minimum absolute atomic E-state index is 0.0146. The van der Waals surface area contributed by atoms with E-state index in [0.29, 0.717) is 12.8 Å². The predicted molar refractivity (Wildman–Crippen MR) is 79.0 cm³/mol. The van der Waals surface area contributed by atoms with Crippen LogP contribution in [0.3, 0.4) is 0 Å². The Labute approximate surface area is 120 Å². The van der Waals surface area contributed by atoms with Crippen LogP contribution in [0.2, 0.25) is 0 Å². The van der Waals surface area contributed by atoms with Gasteiger partial charge in [-0.1, -0.05) is 25.1 Å². The Morgan fingerprint density at radius 2 is 1.95 bits per heavy atom. The summed E-state index contributed by atoms with van der Waals surface area (Å²) < 4.78 is 26.1. The van der Waals surface area contributed by atoms with E-state index in [2.05, 4.69) is 4.72 Å². The maximum Gasteiger partial charge on any atom is 0.245 e. The topological polar surface area (TPSA) is 66.5 Å². The molecule has 1 saturated heterocycles. The van der Waals surface area contributed by atoms with Gasteiger partial charge < -0.3 is 4.90 Å². The van der Waals surface area contributed by atoms with Crippen molar-refractivity contribution in [3.63, 3.8) is 0 Å². The molecule has 5 nitrogen and oxygen atoms in total. The summed E-state index contributed by atoms with van der Waals surface area (Å²) in [6.45, 7) is 3.73. The number of anilines is 1. The third kappa shape index (κ3) is 3.19. The molecular weight excluding hydrogens is 276 g/mol. The maximum atomic E-state index is 12.4. The zero-order valence-electron chi connectivity index (χ0n) is 11.7. The number of sulfonamides is 1. The van der Waals surface area contributed by atoms with E-state index in [-0.39, 0.29) is 17.7 Å². The highest BCUT2D eigenvalue weighted by molar-refractivity contribution is 7.89. The second-order valence-electron chi connectivity index (χ2n) is 5.12. The Hall–Kier alpha value is -1.40. The summed E-state index contributed by atoms with van der Waals surface area (Å²) in [6.07, 6.45) is 1.03. The first-order chi connectivity index (χ1) is 9.44. The number of amides is 1. The summed E-state index contributed by atoms with van der Waals surface area (Å²) in [4.78, 5) is 14.1. The molecule has 0 saturated carbocycles. The molecule has 1 aliphatic heterocycles. The van der Waals surface area contributed by atoms with E-state index in [0.717, 1.165) is 5.69 Å². The standard InChI is InChI=1S/C14H20N2O3S/c1-3-9-20(18,19)15-13-10-11(2)16(14(13)17)12-7-5-4-6-8-12/h4-8,11,13,15H,3,9-10H2,1-2H3/t11-,13-/m1/s1. The molecule has 0 aromatic heterocycles. The Bertz CT molecular complexity index is 571. The molecule has 0 spiro atoms. The van der Waals surface area contributed by atoms with E-state index in [1.165, 1.54) is 0 Å². The molecule has 1 fully saturated rings. The Balaban J connectivity index is 2.15. The van der Waals surface area contributed by atoms with Gasteiger partial charge in [-0.15, -0.1) is 0 Å². The summed E-state index contributed by atoms with van der Waals surface area (Å²) >= 11 is 0. The molecule has 20 heavy (non-hydrogen) atoms. The van der Waals surface area contributed by atoms with Crippen molar-refractivity contribution >= 4 is 21.6 Å². The molecule has 0 unspecified atom stereocenters. The van der Waals surface area contributed by atoms with Crippen molar-refractivity contribution in [2.24, 2.45) is 0 Å². The highest BCUT2D eigenvalue weighted by Crippen LogP contribution is 2.26. The van der Waals surface area contributed by atoms with Crippen LogP contribution in [-0.4, -0.2) is 32.2 Å². The summed E-state index contributed by atoms with van der Waals surface area (Å²) in [5.74, 6) is -0.125. The van der Waals surface area contributed by atoms with Gasteiger partial charge >= 0.3 is 0 Å². The minimum Gasteiger partial charge on any atom is -0.308 e. The van der Waals surface area contributed by atoms with Crippen LogP contribution < -0.4 is 9.62 Å². The third-order valence-electron chi connectivity index (χ3n) is 3.38. The Morgan fingerprint density at radius 1 is 1.30 bits per heavy atom. The first-order valence-corrected chi connectivity index (χ1v) is 8.48. The molecule has 1 aliphatic rings. The number of nitrogens with one attached hydrogen (secondary N) is 1. The van der Waals surface area contributed by atoms with Gasteiger partial charge in [-0.05, 0) is 31.9 Å². The van der Waals surface area contributed by atoms with Gasteiger partial charge in [-0.2, -0.15) is 0 Å². The summed E-state index contributed by atoms with van der Waals surface area (Å²) in [5.41, 5.74) is 0.808. The summed E-state index contributed by atoms with van der Waals surface area (Å²) in [7, 11) is -3.37. The lowest BCUT2D eigenvalue weighted by Crippen LogP contribution is -2.42. The van der Waals surface area contributed by atoms with Crippen LogP contribution in [0.15, 0.2) is 30.3 Å². The molecular formula is C14H20N2O3S. The molecule has 0 bridgehead atoms. The van der Waals surface area contributed by atoms with Crippen LogP contribution in [-0.2, 0) is 14.8 Å². The van der Waals surface area contributed by atoms with Gasteiger partial charge in [0.25, 0.3) is 0 Å². The number of nitrogens with zero attached hydrogens (tertiary/aromatic N) is 1. The molecule has 0 radical (unpaired) electrons. The van der Waals surface area contributed by atoms with Crippen molar-refractivity contribution in [3.8, 4) is 0 Å². The van der Waals surface area contributed by atoms with E-state index in [4.69, 9.17) is 0 Å². The van der Waals surface area contributed by atoms with Crippen LogP contribution in [0.5, 0.6) is 0 Å². The second-order valence-corrected chi connectivity index (χ2v) is 6.99. The van der Waals surface area contributed by atoms with Crippen molar-refractivity contribution in [1.82, 2.24) is 4.72 Å². The van der Waals surface area contributed by atoms with Gasteiger partial charge in [-0.25, -0.2) is 13.1 Å². The smallest absolute Gasteiger partial charge is 0.245 e. The van der Waals surface area contributed by atoms with E-state index < -0.39 is 16.1 Å². The molecule has 1 amide bonds. The first kappa shape index (κ1) is 15.0. The van der Waals surface area contributed by atoms with Gasteiger partial charge in [0, 0.05) is 11.7 Å². The quantitative estimate of drug-likeness (QED) is 0.895. The lowest BCUT2D eigenvalue weighted by atomic mass is 10.2. The van der Waals surface area contributed by atoms with Crippen molar-refractivity contribution in [3.05, 3.63) is 30.3 Å². The first-order valence-electron chi connectivity index (χ1n) is 6.82. The zero-order valence-corrected chi connectivity index (χ0v) is 12.6. The molecule has 1 N–H and O–H groups in total. The van der Waals surface area contributed by atoms with Crippen LogP contribution in [0, 0.1) is 0 Å². The molecule has 1 aromatic rings. The number of hydrogen-bond donors (Lipinski definition) is 1. The van der Waals surface area contributed by atoms with Crippen LogP contribution in [0.4, 0.5) is 5.69 Å². The average Bonchev–Trinajstić information content (AvgIpc) is 2.64. The lowest BCUT2D eigenvalue weighted by Gasteiger charge is -2.21. The second kappa shape index (κ2) is 5.93. The molecule has 2 rings (SSSR count).